The molecule has 0 atom stereocenters. The van der Waals surface area contributed by atoms with E-state index in [1.165, 1.54) is 13.0 Å². The maximum atomic E-state index is 10.9. The molecule has 2 aromatic rings. The van der Waals surface area contributed by atoms with Crippen molar-refractivity contribution in [3.8, 4) is 5.75 Å². The monoisotopic (exact) mass is 246 g/mol. The van der Waals surface area contributed by atoms with Gasteiger partial charge in [-0.15, -0.1) is 0 Å². The number of non-ortho nitro benzene ring substituents is 1. The third kappa shape index (κ3) is 2.22. The molecule has 2 rings (SSSR count). The van der Waals surface area contributed by atoms with Crippen LogP contribution in [0.25, 0.3) is 10.8 Å². The number of benzene rings is 2. The number of fused-ring (bicyclic) bond motifs is 1. The van der Waals surface area contributed by atoms with Crippen molar-refractivity contribution in [1.29, 1.82) is 0 Å². The lowest BCUT2D eigenvalue weighted by atomic mass is 10.1. The maximum absolute atomic E-state index is 10.9. The van der Waals surface area contributed by atoms with Crippen LogP contribution in [0.2, 0.25) is 0 Å². The van der Waals surface area contributed by atoms with Crippen LogP contribution in [0.4, 0.5) is 11.4 Å². The smallest absolute Gasteiger partial charge is 0.273 e. The predicted octanol–water partition coefficient (Wildman–Crippen LogP) is 2.41. The van der Waals surface area contributed by atoms with E-state index in [1.807, 2.05) is 0 Å². The van der Waals surface area contributed by atoms with Crippen molar-refractivity contribution < 1.29 is 14.8 Å². The van der Waals surface area contributed by atoms with Gasteiger partial charge in [-0.2, -0.15) is 0 Å². The molecule has 0 aromatic heterocycles. The van der Waals surface area contributed by atoms with E-state index in [0.29, 0.717) is 16.5 Å². The molecule has 1 amide bonds. The van der Waals surface area contributed by atoms with Gasteiger partial charge < -0.3 is 10.4 Å². The first-order valence-corrected chi connectivity index (χ1v) is 5.16. The second-order valence-electron chi connectivity index (χ2n) is 3.84. The third-order valence-electron chi connectivity index (χ3n) is 2.45. The molecule has 0 heterocycles. The summed E-state index contributed by atoms with van der Waals surface area (Å²) >= 11 is 0. The number of rotatable bonds is 2. The number of phenols is 1. The molecule has 0 unspecified atom stereocenters. The Kier molecular flexibility index (Phi) is 2.85. The quantitative estimate of drug-likeness (QED) is 0.628. The summed E-state index contributed by atoms with van der Waals surface area (Å²) in [5.41, 5.74) is 0.329. The molecule has 2 aromatic carbocycles. The average molecular weight is 246 g/mol. The molecule has 0 saturated heterocycles. The number of anilines is 1. The first-order chi connectivity index (χ1) is 8.47. The zero-order valence-electron chi connectivity index (χ0n) is 9.51. The molecule has 0 radical (unpaired) electrons. The summed E-state index contributed by atoms with van der Waals surface area (Å²) in [5.74, 6) is -0.391. The van der Waals surface area contributed by atoms with Gasteiger partial charge in [-0.05, 0) is 23.6 Å². The lowest BCUT2D eigenvalue weighted by molar-refractivity contribution is -0.384. The molecule has 6 heteroatoms. The Labute approximate surface area is 102 Å². The molecule has 0 saturated carbocycles. The van der Waals surface area contributed by atoms with Crippen LogP contribution < -0.4 is 5.32 Å². The van der Waals surface area contributed by atoms with Gasteiger partial charge in [0.15, 0.2) is 0 Å². The lowest BCUT2D eigenvalue weighted by Crippen LogP contribution is -2.05. The van der Waals surface area contributed by atoms with Gasteiger partial charge >= 0.3 is 0 Å². The SMILES string of the molecule is CC(=O)Nc1ccc2c(O)cc([N+](=O)[O-])cc2c1. The van der Waals surface area contributed by atoms with Crippen LogP contribution in [0, 0.1) is 10.1 Å². The number of carbonyl (C=O) groups is 1. The minimum absolute atomic E-state index is 0.159. The van der Waals surface area contributed by atoms with Crippen molar-refractivity contribution in [2.75, 3.05) is 5.32 Å². The van der Waals surface area contributed by atoms with Gasteiger partial charge in [0.1, 0.15) is 5.75 Å². The van der Waals surface area contributed by atoms with Gasteiger partial charge in [-0.25, -0.2) is 0 Å². The maximum Gasteiger partial charge on any atom is 0.273 e. The minimum atomic E-state index is -0.579. The van der Waals surface area contributed by atoms with E-state index in [0.717, 1.165) is 6.07 Å². The lowest BCUT2D eigenvalue weighted by Gasteiger charge is -2.05. The number of nitrogens with one attached hydrogen (secondary N) is 1. The molecule has 0 aliphatic rings. The molecule has 0 aliphatic heterocycles. The molecule has 18 heavy (non-hydrogen) atoms. The molecular weight excluding hydrogens is 236 g/mol. The minimum Gasteiger partial charge on any atom is -0.507 e. The fourth-order valence-electron chi connectivity index (χ4n) is 1.72. The number of amides is 1. The van der Waals surface area contributed by atoms with Crippen LogP contribution >= 0.6 is 0 Å². The molecule has 0 fully saturated rings. The van der Waals surface area contributed by atoms with Crippen LogP contribution in [0.5, 0.6) is 5.75 Å². The van der Waals surface area contributed by atoms with Crippen LogP contribution in [0.3, 0.4) is 0 Å². The normalized spacial score (nSPS) is 10.3. The number of nitrogens with zero attached hydrogens (tertiary/aromatic N) is 1. The van der Waals surface area contributed by atoms with Gasteiger partial charge in [0.2, 0.25) is 5.91 Å². The molecule has 0 aliphatic carbocycles. The molecule has 2 N–H and O–H groups in total. The van der Waals surface area contributed by atoms with Crippen molar-refractivity contribution in [2.24, 2.45) is 0 Å². The van der Waals surface area contributed by atoms with Gasteiger partial charge in [0, 0.05) is 24.1 Å². The fourth-order valence-corrected chi connectivity index (χ4v) is 1.72. The Bertz CT molecular complexity index is 652. The zero-order valence-corrected chi connectivity index (χ0v) is 9.51. The number of hydrogen-bond donors (Lipinski definition) is 2. The van der Waals surface area contributed by atoms with Gasteiger partial charge in [0.05, 0.1) is 11.0 Å². The second kappa shape index (κ2) is 4.33. The average Bonchev–Trinajstić information content (AvgIpc) is 2.27. The number of nitro benzene ring substituents is 1. The van der Waals surface area contributed by atoms with Crippen molar-refractivity contribution in [1.82, 2.24) is 0 Å². The Morgan fingerprint density at radius 3 is 2.67 bits per heavy atom. The molecule has 0 bridgehead atoms. The summed E-state index contributed by atoms with van der Waals surface area (Å²) in [4.78, 5) is 21.0. The number of hydrogen-bond acceptors (Lipinski definition) is 4. The summed E-state index contributed by atoms with van der Waals surface area (Å²) < 4.78 is 0. The first-order valence-electron chi connectivity index (χ1n) is 5.16. The van der Waals surface area contributed by atoms with Crippen molar-refractivity contribution in [3.05, 3.63) is 40.4 Å². The van der Waals surface area contributed by atoms with E-state index < -0.39 is 4.92 Å². The summed E-state index contributed by atoms with van der Waals surface area (Å²) in [7, 11) is 0. The molecule has 92 valence electrons. The van der Waals surface area contributed by atoms with E-state index >= 15 is 0 Å². The van der Waals surface area contributed by atoms with E-state index in [9.17, 15) is 20.0 Å². The van der Waals surface area contributed by atoms with Crippen molar-refractivity contribution in [2.45, 2.75) is 6.92 Å². The highest BCUT2D eigenvalue weighted by molar-refractivity contribution is 5.96. The molecular formula is C12H10N2O4. The van der Waals surface area contributed by atoms with E-state index in [4.69, 9.17) is 0 Å². The Hall–Kier alpha value is -2.63. The molecule has 6 nitrogen and oxygen atoms in total. The van der Waals surface area contributed by atoms with Gasteiger partial charge in [-0.1, -0.05) is 0 Å². The fraction of sp³-hybridized carbons (Fsp3) is 0.0833. The Morgan fingerprint density at radius 1 is 1.33 bits per heavy atom. The standard InChI is InChI=1S/C12H10N2O4/c1-7(15)13-9-2-3-11-8(4-9)5-10(14(17)18)6-12(11)16/h2-6,16H,1H3,(H,13,15). The van der Waals surface area contributed by atoms with E-state index in [1.54, 1.807) is 18.2 Å². The Morgan fingerprint density at radius 2 is 2.06 bits per heavy atom. The summed E-state index contributed by atoms with van der Waals surface area (Å²) in [6.45, 7) is 1.37. The third-order valence-corrected chi connectivity index (χ3v) is 2.45. The largest absolute Gasteiger partial charge is 0.507 e. The highest BCUT2D eigenvalue weighted by Gasteiger charge is 2.11. The van der Waals surface area contributed by atoms with E-state index in [-0.39, 0.29) is 17.3 Å². The van der Waals surface area contributed by atoms with Crippen LogP contribution in [0.1, 0.15) is 6.92 Å². The predicted molar refractivity (Wildman–Crippen MR) is 66.6 cm³/mol. The summed E-state index contributed by atoms with van der Waals surface area (Å²) in [6, 6.07) is 7.24. The van der Waals surface area contributed by atoms with E-state index in [2.05, 4.69) is 5.32 Å². The molecule has 0 spiro atoms. The van der Waals surface area contributed by atoms with Crippen LogP contribution in [0.15, 0.2) is 30.3 Å². The highest BCUT2D eigenvalue weighted by atomic mass is 16.6. The van der Waals surface area contributed by atoms with Crippen molar-refractivity contribution >= 4 is 28.1 Å². The van der Waals surface area contributed by atoms with Gasteiger partial charge in [0.25, 0.3) is 5.69 Å². The van der Waals surface area contributed by atoms with Crippen molar-refractivity contribution in [3.63, 3.8) is 0 Å². The topological polar surface area (TPSA) is 92.5 Å². The Balaban J connectivity index is 2.60. The number of nitro groups is 1. The first kappa shape index (κ1) is 11.8. The van der Waals surface area contributed by atoms with Crippen LogP contribution in [-0.2, 0) is 4.79 Å². The number of aromatic hydroxyl groups is 1. The van der Waals surface area contributed by atoms with Crippen LogP contribution in [-0.4, -0.2) is 15.9 Å². The second-order valence-corrected chi connectivity index (χ2v) is 3.84. The van der Waals surface area contributed by atoms with Gasteiger partial charge in [-0.3, -0.25) is 14.9 Å². The zero-order chi connectivity index (χ0) is 13.3. The number of carbonyl (C=O) groups excluding carboxylic acids is 1. The number of phenolic OH excluding ortho intramolecular Hbond substituents is 1. The summed E-state index contributed by atoms with van der Waals surface area (Å²) in [5, 5.41) is 23.9. The summed E-state index contributed by atoms with van der Waals surface area (Å²) in [6.07, 6.45) is 0. The highest BCUT2D eigenvalue weighted by Crippen LogP contribution is 2.31.